The van der Waals surface area contributed by atoms with Crippen molar-refractivity contribution in [1.29, 1.82) is 5.26 Å². The van der Waals surface area contributed by atoms with E-state index in [4.69, 9.17) is 9.72 Å². The molecule has 180 valence electrons. The summed E-state index contributed by atoms with van der Waals surface area (Å²) in [5, 5.41) is 14.1. The molecule has 2 aliphatic carbocycles. The van der Waals surface area contributed by atoms with Crippen molar-refractivity contribution < 1.29 is 9.53 Å². The molecule has 2 atom stereocenters. The first-order valence-electron chi connectivity index (χ1n) is 12.2. The third-order valence-electron chi connectivity index (χ3n) is 7.17. The van der Waals surface area contributed by atoms with Crippen LogP contribution in [0.2, 0.25) is 0 Å². The Balaban J connectivity index is 1.36. The van der Waals surface area contributed by atoms with Crippen molar-refractivity contribution in [2.45, 2.75) is 63.0 Å². The Hall–Kier alpha value is -3.51. The fourth-order valence-electron chi connectivity index (χ4n) is 5.31. The number of aromatic nitrogens is 4. The van der Waals surface area contributed by atoms with E-state index in [0.717, 1.165) is 42.5 Å². The number of amides is 1. The van der Waals surface area contributed by atoms with Crippen LogP contribution in [0.1, 0.15) is 68.7 Å². The summed E-state index contributed by atoms with van der Waals surface area (Å²) >= 11 is 0. The lowest BCUT2D eigenvalue weighted by Gasteiger charge is -2.36. The number of pyridine rings is 1. The highest BCUT2D eigenvalue weighted by molar-refractivity contribution is 5.86. The molecule has 0 radical (unpaired) electrons. The van der Waals surface area contributed by atoms with Crippen LogP contribution in [0.15, 0.2) is 30.9 Å². The number of hydrogen-bond acceptors (Lipinski definition) is 7. The summed E-state index contributed by atoms with van der Waals surface area (Å²) in [6.07, 6.45) is 8.37. The molecule has 0 aromatic carbocycles. The maximum absolute atomic E-state index is 12.8. The van der Waals surface area contributed by atoms with Crippen molar-refractivity contribution in [3.8, 4) is 11.9 Å². The van der Waals surface area contributed by atoms with Crippen molar-refractivity contribution in [1.82, 2.24) is 29.7 Å². The number of nitriles is 1. The highest BCUT2D eigenvalue weighted by Crippen LogP contribution is 2.55. The molecule has 1 N–H and O–H groups in total. The van der Waals surface area contributed by atoms with Gasteiger partial charge in [0.05, 0.1) is 17.3 Å². The van der Waals surface area contributed by atoms with Gasteiger partial charge < -0.3 is 15.0 Å². The van der Waals surface area contributed by atoms with Gasteiger partial charge in [0, 0.05) is 48.9 Å². The van der Waals surface area contributed by atoms with Crippen LogP contribution in [-0.2, 0) is 4.74 Å². The van der Waals surface area contributed by atoms with Crippen molar-refractivity contribution in [2.75, 3.05) is 19.6 Å². The van der Waals surface area contributed by atoms with Gasteiger partial charge in [0.15, 0.2) is 0 Å². The Kier molecular flexibility index (Phi) is 4.87. The molecule has 2 unspecified atom stereocenters. The monoisotopic (exact) mass is 471 g/mol. The lowest BCUT2D eigenvalue weighted by atomic mass is 10.0. The summed E-state index contributed by atoms with van der Waals surface area (Å²) in [5.74, 6) is 1.36. The second-order valence-electron chi connectivity index (χ2n) is 10.9. The molecule has 4 heterocycles. The minimum absolute atomic E-state index is 0.185. The number of fused-ring (bicyclic) bond motifs is 1. The molecule has 2 saturated carbocycles. The molecular formula is C26H29N7O2. The Bertz CT molecular complexity index is 1360. The van der Waals surface area contributed by atoms with Crippen LogP contribution in [0.3, 0.4) is 0 Å². The summed E-state index contributed by atoms with van der Waals surface area (Å²) in [6.45, 7) is 7.64. The van der Waals surface area contributed by atoms with Gasteiger partial charge in [-0.25, -0.2) is 19.7 Å². The predicted octanol–water partition coefficient (Wildman–Crippen LogP) is 3.63. The van der Waals surface area contributed by atoms with Crippen LogP contribution >= 0.6 is 0 Å². The minimum atomic E-state index is -0.518. The van der Waals surface area contributed by atoms with Gasteiger partial charge in [-0.1, -0.05) is 0 Å². The highest BCUT2D eigenvalue weighted by atomic mass is 16.6. The standard InChI is InChI=1S/C26H29N7O2/c1-25(2,3)35-24(34)32-9-8-31-26(14-32)11-19(26)22-21-18(17-4-5-17)13-33(23(21)30-15-29-22)20-10-16(12-27)6-7-28-20/h6-7,10,13,15,17,19,31H,4-5,8-9,11,14H2,1-3H3. The first-order chi connectivity index (χ1) is 16.8. The summed E-state index contributed by atoms with van der Waals surface area (Å²) < 4.78 is 7.63. The molecule has 3 aromatic heterocycles. The second-order valence-corrected chi connectivity index (χ2v) is 10.9. The van der Waals surface area contributed by atoms with Crippen LogP contribution in [0.25, 0.3) is 16.9 Å². The number of carbonyl (C=O) groups is 1. The summed E-state index contributed by atoms with van der Waals surface area (Å²) in [7, 11) is 0. The highest BCUT2D eigenvalue weighted by Gasteiger charge is 2.59. The van der Waals surface area contributed by atoms with Crippen molar-refractivity contribution >= 4 is 17.1 Å². The van der Waals surface area contributed by atoms with E-state index in [0.29, 0.717) is 30.4 Å². The van der Waals surface area contributed by atoms with Crippen LogP contribution < -0.4 is 5.32 Å². The lowest BCUT2D eigenvalue weighted by Crippen LogP contribution is -2.55. The van der Waals surface area contributed by atoms with Gasteiger partial charge in [0.25, 0.3) is 0 Å². The number of piperazine rings is 1. The number of rotatable bonds is 3. The van der Waals surface area contributed by atoms with Gasteiger partial charge in [0.1, 0.15) is 23.4 Å². The molecule has 9 heteroatoms. The maximum Gasteiger partial charge on any atom is 0.410 e. The molecule has 6 rings (SSSR count). The van der Waals surface area contributed by atoms with Gasteiger partial charge in [-0.2, -0.15) is 5.26 Å². The first-order valence-corrected chi connectivity index (χ1v) is 12.2. The Morgan fingerprint density at radius 2 is 2.11 bits per heavy atom. The zero-order valence-electron chi connectivity index (χ0n) is 20.3. The zero-order chi connectivity index (χ0) is 24.4. The summed E-state index contributed by atoms with van der Waals surface area (Å²) in [4.78, 5) is 28.5. The Morgan fingerprint density at radius 3 is 2.86 bits per heavy atom. The normalized spacial score (nSPS) is 23.9. The number of nitrogens with zero attached hydrogens (tertiary/aromatic N) is 6. The quantitative estimate of drug-likeness (QED) is 0.621. The molecule has 35 heavy (non-hydrogen) atoms. The fraction of sp³-hybridized carbons (Fsp3) is 0.500. The largest absolute Gasteiger partial charge is 0.444 e. The molecule has 3 aromatic rings. The van der Waals surface area contributed by atoms with Crippen LogP contribution in [0, 0.1) is 11.3 Å². The summed E-state index contributed by atoms with van der Waals surface area (Å²) in [5.41, 5.74) is 2.95. The van der Waals surface area contributed by atoms with Crippen molar-refractivity contribution in [2.24, 2.45) is 0 Å². The van der Waals surface area contributed by atoms with E-state index in [2.05, 4.69) is 27.6 Å². The van der Waals surface area contributed by atoms with E-state index in [1.165, 1.54) is 5.56 Å². The minimum Gasteiger partial charge on any atom is -0.444 e. The number of carbonyl (C=O) groups excluding carboxylic acids is 1. The van der Waals surface area contributed by atoms with Crippen LogP contribution in [0.5, 0.6) is 0 Å². The molecule has 1 amide bonds. The lowest BCUT2D eigenvalue weighted by molar-refractivity contribution is 0.0181. The number of ether oxygens (including phenoxy) is 1. The molecular weight excluding hydrogens is 442 g/mol. The fourth-order valence-corrected chi connectivity index (χ4v) is 5.31. The molecule has 0 bridgehead atoms. The van der Waals surface area contributed by atoms with Crippen molar-refractivity contribution in [3.63, 3.8) is 0 Å². The van der Waals surface area contributed by atoms with Crippen LogP contribution in [-0.4, -0.2) is 61.3 Å². The van der Waals surface area contributed by atoms with Gasteiger partial charge >= 0.3 is 6.09 Å². The van der Waals surface area contributed by atoms with Gasteiger partial charge in [-0.3, -0.25) is 4.57 Å². The maximum atomic E-state index is 12.8. The van der Waals surface area contributed by atoms with Gasteiger partial charge in [-0.05, 0) is 63.6 Å². The van der Waals surface area contributed by atoms with Gasteiger partial charge in [0.2, 0.25) is 0 Å². The van der Waals surface area contributed by atoms with E-state index in [9.17, 15) is 10.1 Å². The smallest absolute Gasteiger partial charge is 0.410 e. The van der Waals surface area contributed by atoms with Crippen LogP contribution in [0.4, 0.5) is 4.79 Å². The van der Waals surface area contributed by atoms with E-state index in [-0.39, 0.29) is 17.6 Å². The van der Waals surface area contributed by atoms with E-state index in [1.54, 1.807) is 24.7 Å². The number of hydrogen-bond donors (Lipinski definition) is 1. The Labute approximate surface area is 204 Å². The molecule has 9 nitrogen and oxygen atoms in total. The first kappa shape index (κ1) is 22.0. The number of nitrogens with one attached hydrogen (secondary N) is 1. The Morgan fingerprint density at radius 1 is 1.29 bits per heavy atom. The topological polar surface area (TPSA) is 109 Å². The average Bonchev–Trinajstić information content (AvgIpc) is 3.76. The van der Waals surface area contributed by atoms with E-state index >= 15 is 0 Å². The second kappa shape index (κ2) is 7.75. The van der Waals surface area contributed by atoms with E-state index < -0.39 is 5.60 Å². The zero-order valence-corrected chi connectivity index (χ0v) is 20.3. The third-order valence-corrected chi connectivity index (χ3v) is 7.17. The van der Waals surface area contributed by atoms with Gasteiger partial charge in [-0.15, -0.1) is 0 Å². The molecule has 1 aliphatic heterocycles. The molecule has 3 fully saturated rings. The summed E-state index contributed by atoms with van der Waals surface area (Å²) in [6, 6.07) is 5.69. The van der Waals surface area contributed by atoms with E-state index in [1.807, 2.05) is 30.2 Å². The van der Waals surface area contributed by atoms with Crippen molar-refractivity contribution in [3.05, 3.63) is 47.7 Å². The molecule has 3 aliphatic rings. The SMILES string of the molecule is CC(C)(C)OC(=O)N1CCNC2(CC2c2ncnc3c2c(C2CC2)cn3-c2cc(C#N)ccn2)C1. The predicted molar refractivity (Wildman–Crippen MR) is 129 cm³/mol. The molecule has 1 spiro atoms. The molecule has 1 saturated heterocycles. The average molecular weight is 472 g/mol. The third kappa shape index (κ3) is 3.92.